The Morgan fingerprint density at radius 2 is 2.04 bits per heavy atom. The molecule has 0 saturated carbocycles. The molecule has 0 unspecified atom stereocenters. The normalized spacial score (nSPS) is 11.1. The van der Waals surface area contributed by atoms with Crippen molar-refractivity contribution in [2.45, 2.75) is 19.9 Å². The minimum Gasteiger partial charge on any atom is -0.379 e. The molecule has 3 aromatic heterocycles. The topological polar surface area (TPSA) is 68.9 Å². The molecule has 3 heterocycles. The van der Waals surface area contributed by atoms with E-state index in [4.69, 9.17) is 0 Å². The standard InChI is InChI=1S/C16H18N4O2S/c1-4-10-8-18-14-12(15(21)20(3)16(22)19(14)2)13(10)17-9-11-6-5-7-23-11/h5-8H,4,9H2,1-3H3,(H,17,18). The van der Waals surface area contributed by atoms with Gasteiger partial charge in [0.15, 0.2) is 5.65 Å². The van der Waals surface area contributed by atoms with Gasteiger partial charge in [0.05, 0.1) is 5.69 Å². The molecule has 3 aromatic rings. The molecule has 0 bridgehead atoms. The number of nitrogens with zero attached hydrogens (tertiary/aromatic N) is 3. The summed E-state index contributed by atoms with van der Waals surface area (Å²) in [6.07, 6.45) is 2.49. The zero-order chi connectivity index (χ0) is 16.6. The van der Waals surface area contributed by atoms with Crippen LogP contribution in [0.4, 0.5) is 5.69 Å². The zero-order valence-electron chi connectivity index (χ0n) is 13.3. The van der Waals surface area contributed by atoms with Crippen molar-refractivity contribution in [3.8, 4) is 0 Å². The molecule has 0 aromatic carbocycles. The van der Waals surface area contributed by atoms with E-state index in [2.05, 4.69) is 10.3 Å². The van der Waals surface area contributed by atoms with Crippen LogP contribution in [0.3, 0.4) is 0 Å². The second-order valence-corrected chi connectivity index (χ2v) is 6.38. The molecule has 0 aliphatic carbocycles. The van der Waals surface area contributed by atoms with Crippen LogP contribution in [0, 0.1) is 0 Å². The lowest BCUT2D eigenvalue weighted by molar-refractivity contribution is 0.707. The van der Waals surface area contributed by atoms with Crippen LogP contribution in [0.2, 0.25) is 0 Å². The van der Waals surface area contributed by atoms with Crippen LogP contribution < -0.4 is 16.6 Å². The van der Waals surface area contributed by atoms with Crippen LogP contribution in [0.5, 0.6) is 0 Å². The van der Waals surface area contributed by atoms with E-state index in [9.17, 15) is 9.59 Å². The van der Waals surface area contributed by atoms with Crippen molar-refractivity contribution >= 4 is 28.1 Å². The molecule has 0 aliphatic rings. The number of anilines is 1. The van der Waals surface area contributed by atoms with E-state index in [0.717, 1.165) is 22.2 Å². The van der Waals surface area contributed by atoms with Crippen LogP contribution in [-0.2, 0) is 27.1 Å². The Labute approximate surface area is 137 Å². The molecule has 0 amide bonds. The Bertz CT molecular complexity index is 970. The van der Waals surface area contributed by atoms with E-state index in [-0.39, 0.29) is 11.2 Å². The molecule has 0 spiro atoms. The molecular weight excluding hydrogens is 312 g/mol. The summed E-state index contributed by atoms with van der Waals surface area (Å²) in [4.78, 5) is 30.2. The maximum atomic E-state index is 12.6. The van der Waals surface area contributed by atoms with Gasteiger partial charge < -0.3 is 5.32 Å². The highest BCUT2D eigenvalue weighted by molar-refractivity contribution is 7.09. The summed E-state index contributed by atoms with van der Waals surface area (Å²) in [5.74, 6) is 0. The molecule has 3 rings (SSSR count). The Kier molecular flexibility index (Phi) is 4.04. The predicted octanol–water partition coefficient (Wildman–Crippen LogP) is 1.87. The number of aryl methyl sites for hydroxylation is 2. The van der Waals surface area contributed by atoms with Crippen molar-refractivity contribution in [1.29, 1.82) is 0 Å². The first kappa shape index (κ1) is 15.5. The molecule has 1 N–H and O–H groups in total. The van der Waals surface area contributed by atoms with Crippen molar-refractivity contribution in [3.63, 3.8) is 0 Å². The van der Waals surface area contributed by atoms with E-state index in [1.165, 1.54) is 16.5 Å². The summed E-state index contributed by atoms with van der Waals surface area (Å²) in [6, 6.07) is 4.04. The minimum absolute atomic E-state index is 0.320. The number of rotatable bonds is 4. The smallest absolute Gasteiger partial charge is 0.332 e. The molecule has 0 radical (unpaired) electrons. The van der Waals surface area contributed by atoms with E-state index in [0.29, 0.717) is 17.6 Å². The first-order valence-electron chi connectivity index (χ1n) is 7.38. The first-order valence-corrected chi connectivity index (χ1v) is 8.26. The van der Waals surface area contributed by atoms with Gasteiger partial charge in [-0.15, -0.1) is 11.3 Å². The molecule has 0 saturated heterocycles. The van der Waals surface area contributed by atoms with Crippen molar-refractivity contribution in [3.05, 3.63) is 55.0 Å². The quantitative estimate of drug-likeness (QED) is 0.793. The first-order chi connectivity index (χ1) is 11.0. The molecule has 0 fully saturated rings. The van der Waals surface area contributed by atoms with Gasteiger partial charge in [-0.05, 0) is 23.4 Å². The third kappa shape index (κ3) is 2.57. The third-order valence-electron chi connectivity index (χ3n) is 3.95. The predicted molar refractivity (Wildman–Crippen MR) is 93.2 cm³/mol. The number of aromatic nitrogens is 3. The zero-order valence-corrected chi connectivity index (χ0v) is 14.1. The molecule has 120 valence electrons. The van der Waals surface area contributed by atoms with Crippen molar-refractivity contribution < 1.29 is 0 Å². The number of nitrogens with one attached hydrogen (secondary N) is 1. The summed E-state index contributed by atoms with van der Waals surface area (Å²) in [7, 11) is 3.12. The van der Waals surface area contributed by atoms with E-state index < -0.39 is 0 Å². The van der Waals surface area contributed by atoms with Crippen molar-refractivity contribution in [2.24, 2.45) is 14.1 Å². The maximum absolute atomic E-state index is 12.6. The maximum Gasteiger partial charge on any atom is 0.332 e. The average Bonchev–Trinajstić information content (AvgIpc) is 3.08. The highest BCUT2D eigenvalue weighted by Crippen LogP contribution is 2.24. The SMILES string of the molecule is CCc1cnc2c(c1NCc1cccs1)c(=O)n(C)c(=O)n2C. The van der Waals surface area contributed by atoms with Gasteiger partial charge in [0.1, 0.15) is 5.39 Å². The Hall–Kier alpha value is -2.41. The number of hydrogen-bond donors (Lipinski definition) is 1. The van der Waals surface area contributed by atoms with Gasteiger partial charge in [-0.1, -0.05) is 13.0 Å². The summed E-state index contributed by atoms with van der Waals surface area (Å²) >= 11 is 1.66. The monoisotopic (exact) mass is 330 g/mol. The Balaban J connectivity index is 2.25. The van der Waals surface area contributed by atoms with Gasteiger partial charge in [0, 0.05) is 31.7 Å². The largest absolute Gasteiger partial charge is 0.379 e. The summed E-state index contributed by atoms with van der Waals surface area (Å²) in [5.41, 5.74) is 1.44. The van der Waals surface area contributed by atoms with Gasteiger partial charge in [0.25, 0.3) is 5.56 Å². The molecular formula is C16H18N4O2S. The lowest BCUT2D eigenvalue weighted by Gasteiger charge is -2.15. The summed E-state index contributed by atoms with van der Waals surface area (Å²) < 4.78 is 2.53. The second kappa shape index (κ2) is 6.00. The van der Waals surface area contributed by atoms with E-state index >= 15 is 0 Å². The molecule has 0 atom stereocenters. The van der Waals surface area contributed by atoms with E-state index in [1.54, 1.807) is 24.6 Å². The fraction of sp³-hybridized carbons (Fsp3) is 0.312. The Morgan fingerprint density at radius 3 is 2.70 bits per heavy atom. The molecule has 23 heavy (non-hydrogen) atoms. The minimum atomic E-state index is -0.372. The second-order valence-electron chi connectivity index (χ2n) is 5.35. The fourth-order valence-electron chi connectivity index (χ4n) is 2.63. The van der Waals surface area contributed by atoms with Crippen LogP contribution in [0.15, 0.2) is 33.3 Å². The fourth-order valence-corrected chi connectivity index (χ4v) is 3.27. The van der Waals surface area contributed by atoms with Crippen molar-refractivity contribution in [1.82, 2.24) is 14.1 Å². The van der Waals surface area contributed by atoms with Crippen LogP contribution in [0.25, 0.3) is 11.0 Å². The lowest BCUT2D eigenvalue weighted by Crippen LogP contribution is -2.37. The number of hydrogen-bond acceptors (Lipinski definition) is 5. The highest BCUT2D eigenvalue weighted by atomic mass is 32.1. The van der Waals surface area contributed by atoms with Gasteiger partial charge in [-0.3, -0.25) is 13.9 Å². The van der Waals surface area contributed by atoms with Crippen LogP contribution in [-0.4, -0.2) is 14.1 Å². The highest BCUT2D eigenvalue weighted by Gasteiger charge is 2.16. The molecule has 6 nitrogen and oxygen atoms in total. The van der Waals surface area contributed by atoms with E-state index in [1.807, 2.05) is 24.4 Å². The molecule has 7 heteroatoms. The summed E-state index contributed by atoms with van der Waals surface area (Å²) in [5, 5.41) is 5.85. The number of thiophene rings is 1. The van der Waals surface area contributed by atoms with Crippen molar-refractivity contribution in [2.75, 3.05) is 5.32 Å². The average molecular weight is 330 g/mol. The number of fused-ring (bicyclic) bond motifs is 1. The third-order valence-corrected chi connectivity index (χ3v) is 4.82. The van der Waals surface area contributed by atoms with Gasteiger partial charge >= 0.3 is 5.69 Å². The molecule has 0 aliphatic heterocycles. The lowest BCUT2D eigenvalue weighted by atomic mass is 10.1. The van der Waals surface area contributed by atoms with Gasteiger partial charge in [-0.25, -0.2) is 9.78 Å². The van der Waals surface area contributed by atoms with Crippen LogP contribution >= 0.6 is 11.3 Å². The Morgan fingerprint density at radius 1 is 1.26 bits per heavy atom. The van der Waals surface area contributed by atoms with Gasteiger partial charge in [0.2, 0.25) is 0 Å². The van der Waals surface area contributed by atoms with Crippen LogP contribution in [0.1, 0.15) is 17.4 Å². The van der Waals surface area contributed by atoms with Gasteiger partial charge in [-0.2, -0.15) is 0 Å². The summed E-state index contributed by atoms with van der Waals surface area (Å²) in [6.45, 7) is 2.65. The number of pyridine rings is 1.